The normalized spacial score (nSPS) is 28.9. The van der Waals surface area contributed by atoms with E-state index in [4.69, 9.17) is 0 Å². The van der Waals surface area contributed by atoms with Crippen LogP contribution in [0.15, 0.2) is 75.8 Å². The van der Waals surface area contributed by atoms with Crippen molar-refractivity contribution >= 4 is 35.6 Å². The highest BCUT2D eigenvalue weighted by atomic mass is 29.3. The summed E-state index contributed by atoms with van der Waals surface area (Å²) in [7, 11) is -6.56. The van der Waals surface area contributed by atoms with Crippen LogP contribution in [0.5, 0.6) is 0 Å². The zero-order valence-corrected chi connectivity index (χ0v) is 24.0. The summed E-state index contributed by atoms with van der Waals surface area (Å²) in [6.07, 6.45) is 13.4. The molecule has 1 heterocycles. The van der Waals surface area contributed by atoms with Gasteiger partial charge in [0.2, 0.25) is 0 Å². The van der Waals surface area contributed by atoms with E-state index < -0.39 is 30.4 Å². The molecule has 0 aromatic heterocycles. The molecule has 0 amide bonds. The molecule has 1 aromatic rings. The summed E-state index contributed by atoms with van der Waals surface area (Å²) in [6.45, 7) is 21.9. The van der Waals surface area contributed by atoms with Gasteiger partial charge in [-0.15, -0.1) is 0 Å². The molecule has 0 N–H and O–H groups in total. The van der Waals surface area contributed by atoms with Crippen LogP contribution < -0.4 is 0 Å². The van der Waals surface area contributed by atoms with Gasteiger partial charge in [-0.25, -0.2) is 0 Å². The van der Waals surface area contributed by atoms with Crippen molar-refractivity contribution in [2.24, 2.45) is 5.92 Å². The number of allylic oxidation sites excluding steroid dienone is 9. The number of benzene rings is 1. The Bertz CT molecular complexity index is 1120. The van der Waals surface area contributed by atoms with Gasteiger partial charge in [-0.2, -0.15) is 0 Å². The SMILES string of the molecule is C[Si]1(C)C2=C(C3C=CC=CC3=C2)[Si](C)(C)[Si](C)(C)C2=C(c3ccccc3C2)[Si]1(C)C. The van der Waals surface area contributed by atoms with E-state index in [9.17, 15) is 0 Å². The predicted molar refractivity (Wildman–Crippen MR) is 144 cm³/mol. The summed E-state index contributed by atoms with van der Waals surface area (Å²) >= 11 is 0. The summed E-state index contributed by atoms with van der Waals surface area (Å²) in [6, 6.07) is 9.44. The molecule has 0 radical (unpaired) electrons. The van der Waals surface area contributed by atoms with E-state index >= 15 is 0 Å². The van der Waals surface area contributed by atoms with E-state index in [1.807, 2.05) is 20.8 Å². The van der Waals surface area contributed by atoms with Gasteiger partial charge >= 0.3 is 0 Å². The Labute approximate surface area is 186 Å². The standard InChI is InChI=1S/C26H36Si4/c1-27(2)23-17-19-13-9-11-15-21(19)25(23)30(7,8)28(3,4)24-18-20-14-10-12-16-22(20)26(24)29(27,5)6/h9-17,21H,18H2,1-8H3. The van der Waals surface area contributed by atoms with Crippen molar-refractivity contribution in [1.82, 2.24) is 0 Å². The lowest BCUT2D eigenvalue weighted by molar-refractivity contribution is 0.984. The molecule has 1 aliphatic heterocycles. The maximum absolute atomic E-state index is 2.75. The number of hydrogen-bond acceptors (Lipinski definition) is 0. The largest absolute Gasteiger partial charge is 0.0793 e. The molecule has 1 aromatic carbocycles. The Kier molecular flexibility index (Phi) is 4.26. The third kappa shape index (κ3) is 2.37. The van der Waals surface area contributed by atoms with Gasteiger partial charge in [-0.3, -0.25) is 0 Å². The first-order valence-corrected chi connectivity index (χ1v) is 25.6. The molecule has 156 valence electrons. The fraction of sp³-hybridized carbons (Fsp3) is 0.385. The smallest absolute Gasteiger partial charge is 0.0792 e. The van der Waals surface area contributed by atoms with Crippen LogP contribution >= 0.6 is 0 Å². The fourth-order valence-corrected chi connectivity index (χ4v) is 32.0. The van der Waals surface area contributed by atoms with E-state index in [0.717, 1.165) is 0 Å². The lowest BCUT2D eigenvalue weighted by Crippen LogP contribution is -2.65. The molecular weight excluding hydrogens is 425 g/mol. The van der Waals surface area contributed by atoms with E-state index in [1.54, 1.807) is 16.7 Å². The first-order valence-electron chi connectivity index (χ1n) is 11.6. The quantitative estimate of drug-likeness (QED) is 0.361. The molecule has 1 unspecified atom stereocenters. The summed E-state index contributed by atoms with van der Waals surface area (Å²) < 4.78 is 0. The van der Waals surface area contributed by atoms with Crippen molar-refractivity contribution in [1.29, 1.82) is 0 Å². The van der Waals surface area contributed by atoms with Crippen molar-refractivity contribution in [3.8, 4) is 0 Å². The van der Waals surface area contributed by atoms with Crippen LogP contribution in [0.2, 0.25) is 52.4 Å². The molecule has 30 heavy (non-hydrogen) atoms. The van der Waals surface area contributed by atoms with Crippen LogP contribution in [-0.4, -0.2) is 30.4 Å². The number of fused-ring (bicyclic) bond motifs is 4. The van der Waals surface area contributed by atoms with Crippen molar-refractivity contribution in [3.05, 3.63) is 86.9 Å². The summed E-state index contributed by atoms with van der Waals surface area (Å²) in [5.41, 5.74) is 4.85. The zero-order valence-electron chi connectivity index (χ0n) is 20.0. The molecule has 4 aliphatic rings. The zero-order chi connectivity index (χ0) is 21.7. The molecule has 0 nitrogen and oxygen atoms in total. The van der Waals surface area contributed by atoms with Crippen LogP contribution in [0.1, 0.15) is 11.1 Å². The molecule has 5 rings (SSSR count). The number of hydrogen-bond donors (Lipinski definition) is 0. The van der Waals surface area contributed by atoms with Crippen LogP contribution in [-0.2, 0) is 6.42 Å². The number of rotatable bonds is 0. The first kappa shape index (κ1) is 20.7. The van der Waals surface area contributed by atoms with E-state index in [-0.39, 0.29) is 0 Å². The minimum Gasteiger partial charge on any atom is -0.0792 e. The molecule has 4 heteroatoms. The fourth-order valence-electron chi connectivity index (χ4n) is 6.58. The van der Waals surface area contributed by atoms with Gasteiger partial charge in [-0.05, 0) is 23.1 Å². The molecule has 1 atom stereocenters. The third-order valence-corrected chi connectivity index (χ3v) is 46.0. The second kappa shape index (κ2) is 6.18. The lowest BCUT2D eigenvalue weighted by Gasteiger charge is -2.51. The topological polar surface area (TPSA) is 0 Å². The van der Waals surface area contributed by atoms with Gasteiger partial charge in [0.25, 0.3) is 0 Å². The van der Waals surface area contributed by atoms with Crippen molar-refractivity contribution in [2.75, 3.05) is 0 Å². The average Bonchev–Trinajstić information content (AvgIpc) is 3.27. The van der Waals surface area contributed by atoms with Gasteiger partial charge in [-0.1, -0.05) is 128 Å². The Hall–Kier alpha value is -1.21. The summed E-state index contributed by atoms with van der Waals surface area (Å²) in [5.74, 6) is 0.570. The van der Waals surface area contributed by atoms with Gasteiger partial charge in [0, 0.05) is 5.92 Å². The molecule has 0 saturated heterocycles. The monoisotopic (exact) mass is 460 g/mol. The Balaban J connectivity index is 1.86. The second-order valence-electron chi connectivity index (χ2n) is 11.9. The van der Waals surface area contributed by atoms with Crippen molar-refractivity contribution < 1.29 is 0 Å². The molecule has 0 saturated carbocycles. The summed E-state index contributed by atoms with van der Waals surface area (Å²) in [4.78, 5) is 0. The van der Waals surface area contributed by atoms with E-state index in [0.29, 0.717) is 5.92 Å². The Morgan fingerprint density at radius 1 is 0.767 bits per heavy atom. The van der Waals surface area contributed by atoms with Gasteiger partial charge < -0.3 is 0 Å². The van der Waals surface area contributed by atoms with Gasteiger partial charge in [0.1, 0.15) is 0 Å². The van der Waals surface area contributed by atoms with Crippen molar-refractivity contribution in [3.63, 3.8) is 0 Å². The molecule has 3 aliphatic carbocycles. The van der Waals surface area contributed by atoms with Crippen LogP contribution in [0, 0.1) is 5.92 Å². The molecule has 0 bridgehead atoms. The maximum atomic E-state index is 2.75. The second-order valence-corrected chi connectivity index (χ2v) is 42.1. The van der Waals surface area contributed by atoms with Crippen molar-refractivity contribution in [2.45, 2.75) is 58.8 Å². The van der Waals surface area contributed by atoms with Gasteiger partial charge in [0.05, 0.1) is 30.4 Å². The minimum absolute atomic E-state index is 0.570. The highest BCUT2D eigenvalue weighted by Crippen LogP contribution is 2.55. The lowest BCUT2D eigenvalue weighted by atomic mass is 9.98. The summed E-state index contributed by atoms with van der Waals surface area (Å²) in [5, 5.41) is 7.66. The highest BCUT2D eigenvalue weighted by Gasteiger charge is 2.59. The Morgan fingerprint density at radius 3 is 2.20 bits per heavy atom. The maximum Gasteiger partial charge on any atom is 0.0793 e. The van der Waals surface area contributed by atoms with E-state index in [1.165, 1.54) is 6.42 Å². The van der Waals surface area contributed by atoms with Crippen LogP contribution in [0.3, 0.4) is 0 Å². The molecule has 0 fully saturated rings. The van der Waals surface area contributed by atoms with Crippen LogP contribution in [0.4, 0.5) is 0 Å². The Morgan fingerprint density at radius 2 is 1.47 bits per heavy atom. The van der Waals surface area contributed by atoms with E-state index in [2.05, 4.69) is 107 Å². The van der Waals surface area contributed by atoms with Crippen LogP contribution in [0.25, 0.3) is 5.20 Å². The third-order valence-electron chi connectivity index (χ3n) is 9.78. The first-order chi connectivity index (χ1) is 13.9. The molecular formula is C26H36Si4. The minimum atomic E-state index is -1.66. The highest BCUT2D eigenvalue weighted by molar-refractivity contribution is 7.54. The molecule has 0 spiro atoms. The predicted octanol–water partition coefficient (Wildman–Crippen LogP) is 7.14. The average molecular weight is 461 g/mol. The van der Waals surface area contributed by atoms with Gasteiger partial charge in [0.15, 0.2) is 0 Å².